The molecule has 2 rings (SSSR count). The van der Waals surface area contributed by atoms with Gasteiger partial charge in [0.25, 0.3) is 0 Å². The molecule has 7 nitrogen and oxygen atoms in total. The number of rotatable bonds is 3. The van der Waals surface area contributed by atoms with Crippen LogP contribution in [-0.2, 0) is 15.9 Å². The van der Waals surface area contributed by atoms with Gasteiger partial charge in [0.2, 0.25) is 0 Å². The number of aliphatic hydroxyl groups excluding tert-OH is 4. The lowest BCUT2D eigenvalue weighted by molar-refractivity contribution is -0.255. The van der Waals surface area contributed by atoms with Gasteiger partial charge in [-0.15, -0.1) is 0 Å². The van der Waals surface area contributed by atoms with E-state index < -0.39 is 49.1 Å². The number of benzene rings is 1. The van der Waals surface area contributed by atoms with Gasteiger partial charge in [0.15, 0.2) is 12.6 Å². The van der Waals surface area contributed by atoms with Crippen LogP contribution in [0.2, 0.25) is 0 Å². The third kappa shape index (κ3) is 6.46. The molecule has 0 radical (unpaired) electrons. The smallest absolute Gasteiger partial charge is 0.160 e. The first-order valence-corrected chi connectivity index (χ1v) is 10.4. The minimum atomic E-state index is -1.20. The molecule has 8 atom stereocenters. The fourth-order valence-corrected chi connectivity index (χ4v) is 3.71. The molecule has 0 aliphatic carbocycles. The monoisotopic (exact) mass is 411 g/mol. The number of nitrogens with zero attached hydrogens (tertiary/aromatic N) is 1. The summed E-state index contributed by atoms with van der Waals surface area (Å²) in [5.41, 5.74) is 1.00. The van der Waals surface area contributed by atoms with Crippen molar-refractivity contribution in [3.05, 3.63) is 35.9 Å². The average molecular weight is 412 g/mol. The van der Waals surface area contributed by atoms with E-state index in [4.69, 9.17) is 9.47 Å². The van der Waals surface area contributed by atoms with E-state index in [0.29, 0.717) is 6.42 Å². The number of aliphatic hydroxyl groups is 4. The molecule has 1 heterocycles. The second-order valence-corrected chi connectivity index (χ2v) is 8.53. The maximum absolute atomic E-state index is 11.1. The maximum Gasteiger partial charge on any atom is 0.160 e. The minimum absolute atomic E-state index is 0.00504. The van der Waals surface area contributed by atoms with Crippen molar-refractivity contribution in [2.75, 3.05) is 7.05 Å². The first-order chi connectivity index (χ1) is 13.6. The normalized spacial score (nSPS) is 38.4. The summed E-state index contributed by atoms with van der Waals surface area (Å²) in [6.45, 7) is 7.33. The van der Waals surface area contributed by atoms with Crippen LogP contribution in [0.5, 0.6) is 0 Å². The van der Waals surface area contributed by atoms with Crippen LogP contribution >= 0.6 is 0 Å². The van der Waals surface area contributed by atoms with Gasteiger partial charge in [0, 0.05) is 18.4 Å². The molecule has 1 fully saturated rings. The van der Waals surface area contributed by atoms with Gasteiger partial charge in [-0.05, 0) is 31.9 Å². The van der Waals surface area contributed by atoms with E-state index in [0.717, 1.165) is 5.56 Å². The summed E-state index contributed by atoms with van der Waals surface area (Å²) in [6.07, 6.45) is -5.04. The summed E-state index contributed by atoms with van der Waals surface area (Å²) in [6, 6.07) is 9.19. The van der Waals surface area contributed by atoms with Crippen LogP contribution in [0.3, 0.4) is 0 Å². The van der Waals surface area contributed by atoms with Crippen LogP contribution in [0.1, 0.15) is 39.7 Å². The molecule has 0 bridgehead atoms. The highest BCUT2D eigenvalue weighted by Gasteiger charge is 2.38. The van der Waals surface area contributed by atoms with Crippen molar-refractivity contribution in [1.82, 2.24) is 4.90 Å². The Morgan fingerprint density at radius 1 is 1.03 bits per heavy atom. The Balaban J connectivity index is 2.35. The Bertz CT molecular complexity index is 600. The van der Waals surface area contributed by atoms with Gasteiger partial charge in [-0.3, -0.25) is 4.90 Å². The molecule has 166 valence electrons. The summed E-state index contributed by atoms with van der Waals surface area (Å²) in [5, 5.41) is 42.9. The lowest BCUT2D eigenvalue weighted by Gasteiger charge is -2.42. The number of likely N-dealkylation sites (N-methyl/N-ethyl adjacent to an activating group) is 1. The number of hydrogen-bond donors (Lipinski definition) is 4. The molecule has 1 aliphatic rings. The summed E-state index contributed by atoms with van der Waals surface area (Å²) in [4.78, 5) is 1.66. The SMILES string of the molecule is CC(C)C1OC(O)C(C)C(C)OC(O)CC(O)C(Cc2ccccc2)N(C)C1O. The van der Waals surface area contributed by atoms with Crippen molar-refractivity contribution < 1.29 is 29.9 Å². The molecule has 1 aromatic rings. The van der Waals surface area contributed by atoms with Gasteiger partial charge in [-0.1, -0.05) is 51.1 Å². The summed E-state index contributed by atoms with van der Waals surface area (Å²) in [5.74, 6) is -0.506. The van der Waals surface area contributed by atoms with Crippen molar-refractivity contribution in [2.45, 2.75) is 83.7 Å². The number of ether oxygens (including phenoxy) is 2. The molecule has 0 amide bonds. The third-order valence-corrected chi connectivity index (χ3v) is 5.92. The van der Waals surface area contributed by atoms with Crippen molar-refractivity contribution in [2.24, 2.45) is 11.8 Å². The first kappa shape index (κ1) is 24.2. The molecule has 1 aromatic carbocycles. The zero-order valence-corrected chi connectivity index (χ0v) is 18.0. The molecule has 8 unspecified atom stereocenters. The zero-order valence-electron chi connectivity index (χ0n) is 18.0. The van der Waals surface area contributed by atoms with Gasteiger partial charge < -0.3 is 29.9 Å². The zero-order chi connectivity index (χ0) is 21.7. The van der Waals surface area contributed by atoms with Gasteiger partial charge in [-0.2, -0.15) is 0 Å². The Morgan fingerprint density at radius 2 is 1.66 bits per heavy atom. The first-order valence-electron chi connectivity index (χ1n) is 10.4. The van der Waals surface area contributed by atoms with E-state index in [-0.39, 0.29) is 12.3 Å². The van der Waals surface area contributed by atoms with Gasteiger partial charge >= 0.3 is 0 Å². The Labute approximate surface area is 173 Å². The highest BCUT2D eigenvalue weighted by Crippen LogP contribution is 2.26. The number of hydrogen-bond acceptors (Lipinski definition) is 7. The average Bonchev–Trinajstić information content (AvgIpc) is 2.67. The van der Waals surface area contributed by atoms with E-state index in [9.17, 15) is 20.4 Å². The topological polar surface area (TPSA) is 103 Å². The lowest BCUT2D eigenvalue weighted by atomic mass is 9.95. The predicted octanol–water partition coefficient (Wildman–Crippen LogP) is 1.33. The summed E-state index contributed by atoms with van der Waals surface area (Å²) >= 11 is 0. The summed E-state index contributed by atoms with van der Waals surface area (Å²) in [7, 11) is 1.72. The van der Waals surface area contributed by atoms with Gasteiger partial charge in [-0.25, -0.2) is 0 Å². The Kier molecular flexibility index (Phi) is 9.03. The van der Waals surface area contributed by atoms with E-state index in [1.807, 2.05) is 44.2 Å². The van der Waals surface area contributed by atoms with Crippen LogP contribution in [-0.4, -0.2) is 75.5 Å². The van der Waals surface area contributed by atoms with Crippen LogP contribution in [0, 0.1) is 11.8 Å². The Hall–Kier alpha value is -1.06. The largest absolute Gasteiger partial charge is 0.391 e. The second kappa shape index (κ2) is 10.8. The van der Waals surface area contributed by atoms with E-state index >= 15 is 0 Å². The maximum atomic E-state index is 11.1. The molecule has 1 aliphatic heterocycles. The molecule has 7 heteroatoms. The molecular weight excluding hydrogens is 374 g/mol. The summed E-state index contributed by atoms with van der Waals surface area (Å²) < 4.78 is 11.4. The molecule has 0 aromatic heterocycles. The van der Waals surface area contributed by atoms with Crippen molar-refractivity contribution >= 4 is 0 Å². The fourth-order valence-electron chi connectivity index (χ4n) is 3.71. The molecule has 1 saturated heterocycles. The van der Waals surface area contributed by atoms with Gasteiger partial charge in [0.1, 0.15) is 12.3 Å². The lowest BCUT2D eigenvalue weighted by Crippen LogP contribution is -2.56. The molecule has 0 spiro atoms. The second-order valence-electron chi connectivity index (χ2n) is 8.53. The molecule has 4 N–H and O–H groups in total. The van der Waals surface area contributed by atoms with Crippen LogP contribution < -0.4 is 0 Å². The van der Waals surface area contributed by atoms with Crippen molar-refractivity contribution in [3.63, 3.8) is 0 Å². The van der Waals surface area contributed by atoms with E-state index in [1.165, 1.54) is 0 Å². The highest BCUT2D eigenvalue weighted by atomic mass is 16.6. The van der Waals surface area contributed by atoms with Crippen LogP contribution in [0.15, 0.2) is 30.3 Å². The quantitative estimate of drug-likeness (QED) is 0.595. The van der Waals surface area contributed by atoms with E-state index in [2.05, 4.69) is 0 Å². The Morgan fingerprint density at radius 3 is 2.24 bits per heavy atom. The van der Waals surface area contributed by atoms with E-state index in [1.54, 1.807) is 25.8 Å². The van der Waals surface area contributed by atoms with Crippen LogP contribution in [0.4, 0.5) is 0 Å². The fraction of sp³-hybridized carbons (Fsp3) is 0.727. The predicted molar refractivity (Wildman–Crippen MR) is 110 cm³/mol. The highest BCUT2D eigenvalue weighted by molar-refractivity contribution is 5.16. The standard InChI is InChI=1S/C22H37NO6/c1-13(2)20-21(26)23(5)17(11-16-9-7-6-8-10-16)18(24)12-19(25)28-15(4)14(3)22(27)29-20/h6-10,13-15,17-22,24-27H,11-12H2,1-5H3. The van der Waals surface area contributed by atoms with Crippen molar-refractivity contribution in [3.8, 4) is 0 Å². The van der Waals surface area contributed by atoms with Crippen LogP contribution in [0.25, 0.3) is 0 Å². The third-order valence-electron chi connectivity index (χ3n) is 5.92. The van der Waals surface area contributed by atoms with Crippen molar-refractivity contribution in [1.29, 1.82) is 0 Å². The van der Waals surface area contributed by atoms with Gasteiger partial charge in [0.05, 0.1) is 12.2 Å². The molecule has 29 heavy (non-hydrogen) atoms. The molecule has 0 saturated carbocycles. The molecular formula is C22H37NO6. The minimum Gasteiger partial charge on any atom is -0.391 e.